The largest absolute Gasteiger partial charge is 0.393 e. The van der Waals surface area contributed by atoms with Crippen molar-refractivity contribution in [3.05, 3.63) is 35.4 Å². The fourth-order valence-electron chi connectivity index (χ4n) is 1.40. The van der Waals surface area contributed by atoms with Crippen LogP contribution < -0.4 is 0 Å². The Bertz CT molecular complexity index is 303. The van der Waals surface area contributed by atoms with Gasteiger partial charge >= 0.3 is 0 Å². The first kappa shape index (κ1) is 12.1. The van der Waals surface area contributed by atoms with E-state index in [0.29, 0.717) is 6.42 Å². The lowest BCUT2D eigenvalue weighted by Crippen LogP contribution is -2.16. The van der Waals surface area contributed by atoms with Crippen molar-refractivity contribution >= 4 is 0 Å². The standard InChI is InChI=1S/C12H16F2O/c1-8(2)12(15)7-6-9-10(13)4-3-5-11(9)14/h3-5,8,12,15H,6-7H2,1-2H3. The van der Waals surface area contributed by atoms with Crippen LogP contribution in [0.4, 0.5) is 8.78 Å². The molecule has 1 nitrogen and oxygen atoms in total. The minimum absolute atomic E-state index is 0.0669. The summed E-state index contributed by atoms with van der Waals surface area (Å²) >= 11 is 0. The SMILES string of the molecule is CC(C)C(O)CCc1c(F)cccc1F. The van der Waals surface area contributed by atoms with Gasteiger partial charge in [0.15, 0.2) is 0 Å². The molecule has 0 radical (unpaired) electrons. The van der Waals surface area contributed by atoms with Crippen LogP contribution in [0.2, 0.25) is 0 Å². The third-order valence-corrected chi connectivity index (χ3v) is 2.52. The molecule has 15 heavy (non-hydrogen) atoms. The maximum Gasteiger partial charge on any atom is 0.129 e. The van der Waals surface area contributed by atoms with Crippen LogP contribution in [0.5, 0.6) is 0 Å². The number of rotatable bonds is 4. The van der Waals surface area contributed by atoms with Gasteiger partial charge in [-0.1, -0.05) is 19.9 Å². The van der Waals surface area contributed by atoms with E-state index in [0.717, 1.165) is 0 Å². The average Bonchev–Trinajstić information content (AvgIpc) is 2.16. The lowest BCUT2D eigenvalue weighted by atomic mass is 9.99. The van der Waals surface area contributed by atoms with Crippen LogP contribution in [0.25, 0.3) is 0 Å². The number of hydrogen-bond acceptors (Lipinski definition) is 1. The van der Waals surface area contributed by atoms with E-state index < -0.39 is 17.7 Å². The molecule has 0 saturated heterocycles. The highest BCUT2D eigenvalue weighted by molar-refractivity contribution is 5.19. The summed E-state index contributed by atoms with van der Waals surface area (Å²) in [5, 5.41) is 9.52. The molecule has 0 aliphatic carbocycles. The van der Waals surface area contributed by atoms with Crippen LogP contribution in [0.15, 0.2) is 18.2 Å². The summed E-state index contributed by atoms with van der Waals surface area (Å²) in [6, 6.07) is 3.81. The lowest BCUT2D eigenvalue weighted by molar-refractivity contribution is 0.116. The van der Waals surface area contributed by atoms with Crippen molar-refractivity contribution in [1.29, 1.82) is 0 Å². The van der Waals surface area contributed by atoms with Crippen LogP contribution in [0.1, 0.15) is 25.8 Å². The minimum atomic E-state index is -0.536. The van der Waals surface area contributed by atoms with Gasteiger partial charge < -0.3 is 5.11 Å². The van der Waals surface area contributed by atoms with Crippen molar-refractivity contribution in [2.45, 2.75) is 32.8 Å². The van der Waals surface area contributed by atoms with Crippen LogP contribution in [-0.4, -0.2) is 11.2 Å². The quantitative estimate of drug-likeness (QED) is 0.817. The smallest absolute Gasteiger partial charge is 0.129 e. The average molecular weight is 214 g/mol. The van der Waals surface area contributed by atoms with Gasteiger partial charge in [-0.15, -0.1) is 0 Å². The number of halogens is 2. The third-order valence-electron chi connectivity index (χ3n) is 2.52. The topological polar surface area (TPSA) is 20.2 Å². The van der Waals surface area contributed by atoms with Crippen LogP contribution >= 0.6 is 0 Å². The normalized spacial score (nSPS) is 13.2. The summed E-state index contributed by atoms with van der Waals surface area (Å²) in [5.74, 6) is -0.961. The molecule has 1 aromatic carbocycles. The molecule has 1 atom stereocenters. The summed E-state index contributed by atoms with van der Waals surface area (Å²) in [7, 11) is 0. The van der Waals surface area contributed by atoms with E-state index in [-0.39, 0.29) is 17.9 Å². The molecule has 0 saturated carbocycles. The highest BCUT2D eigenvalue weighted by Gasteiger charge is 2.13. The van der Waals surface area contributed by atoms with Gasteiger partial charge in [0.1, 0.15) is 11.6 Å². The predicted octanol–water partition coefficient (Wildman–Crippen LogP) is 2.91. The number of hydrogen-bond donors (Lipinski definition) is 1. The Morgan fingerprint density at radius 3 is 2.20 bits per heavy atom. The zero-order chi connectivity index (χ0) is 11.4. The fraction of sp³-hybridized carbons (Fsp3) is 0.500. The number of benzene rings is 1. The molecular weight excluding hydrogens is 198 g/mol. The van der Waals surface area contributed by atoms with E-state index in [4.69, 9.17) is 0 Å². The minimum Gasteiger partial charge on any atom is -0.393 e. The van der Waals surface area contributed by atoms with Crippen molar-refractivity contribution in [1.82, 2.24) is 0 Å². The second-order valence-corrected chi connectivity index (χ2v) is 4.05. The van der Waals surface area contributed by atoms with Crippen molar-refractivity contribution < 1.29 is 13.9 Å². The van der Waals surface area contributed by atoms with Gasteiger partial charge in [0, 0.05) is 5.56 Å². The molecule has 0 heterocycles. The van der Waals surface area contributed by atoms with E-state index in [9.17, 15) is 13.9 Å². The molecule has 1 N–H and O–H groups in total. The van der Waals surface area contributed by atoms with E-state index >= 15 is 0 Å². The number of aliphatic hydroxyl groups is 1. The monoisotopic (exact) mass is 214 g/mol. The van der Waals surface area contributed by atoms with E-state index in [1.807, 2.05) is 13.8 Å². The van der Waals surface area contributed by atoms with Crippen LogP contribution in [-0.2, 0) is 6.42 Å². The summed E-state index contributed by atoms with van der Waals surface area (Å²) in [4.78, 5) is 0. The first-order chi connectivity index (χ1) is 7.02. The summed E-state index contributed by atoms with van der Waals surface area (Å²) in [5.41, 5.74) is 0.0669. The van der Waals surface area contributed by atoms with Gasteiger partial charge in [-0.05, 0) is 30.9 Å². The van der Waals surface area contributed by atoms with Gasteiger partial charge in [-0.25, -0.2) is 8.78 Å². The van der Waals surface area contributed by atoms with Gasteiger partial charge in [0.25, 0.3) is 0 Å². The van der Waals surface area contributed by atoms with Gasteiger partial charge in [0.2, 0.25) is 0 Å². The third kappa shape index (κ3) is 3.27. The summed E-state index contributed by atoms with van der Waals surface area (Å²) in [6.07, 6.45) is 0.108. The summed E-state index contributed by atoms with van der Waals surface area (Å²) < 4.78 is 26.4. The van der Waals surface area contributed by atoms with E-state index in [1.54, 1.807) is 0 Å². The highest BCUT2D eigenvalue weighted by atomic mass is 19.1. The second kappa shape index (κ2) is 5.21. The molecule has 0 fully saturated rings. The predicted molar refractivity (Wildman–Crippen MR) is 55.5 cm³/mol. The molecule has 1 rings (SSSR count). The molecule has 1 aromatic rings. The Hall–Kier alpha value is -0.960. The molecule has 84 valence electrons. The highest BCUT2D eigenvalue weighted by Crippen LogP contribution is 2.16. The molecular formula is C12H16F2O. The summed E-state index contributed by atoms with van der Waals surface area (Å²) in [6.45, 7) is 3.75. The van der Waals surface area contributed by atoms with Gasteiger partial charge in [-0.2, -0.15) is 0 Å². The van der Waals surface area contributed by atoms with Gasteiger partial charge in [-0.3, -0.25) is 0 Å². The fourth-order valence-corrected chi connectivity index (χ4v) is 1.40. The molecule has 1 unspecified atom stereocenters. The molecule has 0 bridgehead atoms. The van der Waals surface area contributed by atoms with Crippen molar-refractivity contribution in [2.75, 3.05) is 0 Å². The van der Waals surface area contributed by atoms with Crippen molar-refractivity contribution in [3.63, 3.8) is 0 Å². The molecule has 0 aliphatic heterocycles. The first-order valence-electron chi connectivity index (χ1n) is 5.13. The lowest BCUT2D eigenvalue weighted by Gasteiger charge is -2.14. The zero-order valence-electron chi connectivity index (χ0n) is 9.00. The Morgan fingerprint density at radius 1 is 1.20 bits per heavy atom. The Labute approximate surface area is 88.7 Å². The Morgan fingerprint density at radius 2 is 1.73 bits per heavy atom. The van der Waals surface area contributed by atoms with E-state index in [1.165, 1.54) is 18.2 Å². The maximum absolute atomic E-state index is 13.2. The van der Waals surface area contributed by atoms with Crippen molar-refractivity contribution in [2.24, 2.45) is 5.92 Å². The molecule has 0 spiro atoms. The molecule has 3 heteroatoms. The maximum atomic E-state index is 13.2. The number of aliphatic hydroxyl groups excluding tert-OH is 1. The molecule has 0 amide bonds. The molecule has 0 aliphatic rings. The first-order valence-corrected chi connectivity index (χ1v) is 5.13. The van der Waals surface area contributed by atoms with Gasteiger partial charge in [0.05, 0.1) is 6.10 Å². The van der Waals surface area contributed by atoms with Crippen LogP contribution in [0.3, 0.4) is 0 Å². The zero-order valence-corrected chi connectivity index (χ0v) is 9.00. The Balaban J connectivity index is 2.65. The van der Waals surface area contributed by atoms with E-state index in [2.05, 4.69) is 0 Å². The Kier molecular flexibility index (Phi) is 4.21. The second-order valence-electron chi connectivity index (χ2n) is 4.05. The molecule has 0 aromatic heterocycles. The van der Waals surface area contributed by atoms with Crippen molar-refractivity contribution in [3.8, 4) is 0 Å². The van der Waals surface area contributed by atoms with Crippen LogP contribution in [0, 0.1) is 17.6 Å².